The maximum atomic E-state index is 10.8. The third-order valence-corrected chi connectivity index (χ3v) is 1.95. The third-order valence-electron chi connectivity index (χ3n) is 1.95. The van der Waals surface area contributed by atoms with Gasteiger partial charge in [0.05, 0.1) is 13.7 Å². The van der Waals surface area contributed by atoms with E-state index in [9.17, 15) is 9.59 Å². The van der Waals surface area contributed by atoms with Gasteiger partial charge in [-0.1, -0.05) is 0 Å². The van der Waals surface area contributed by atoms with Gasteiger partial charge in [-0.05, 0) is 18.8 Å². The highest BCUT2D eigenvalue weighted by atomic mass is 16.5. The molecule has 5 nitrogen and oxygen atoms in total. The Balaban J connectivity index is 1.91. The molecule has 0 spiro atoms. The topological polar surface area (TPSA) is 64.6 Å². The number of carbonyl (C=O) groups is 2. The molecule has 14 heavy (non-hydrogen) atoms. The van der Waals surface area contributed by atoms with E-state index in [1.807, 2.05) is 0 Å². The van der Waals surface area contributed by atoms with Gasteiger partial charge in [0.1, 0.15) is 0 Å². The monoisotopic (exact) mass is 201 g/mol. The van der Waals surface area contributed by atoms with E-state index in [0.29, 0.717) is 19.1 Å². The SMILES string of the molecule is COC(=O)C(=O)NCCOCC1CC1. The number of esters is 1. The quantitative estimate of drug-likeness (QED) is 0.377. The van der Waals surface area contributed by atoms with Crippen LogP contribution in [0.5, 0.6) is 0 Å². The van der Waals surface area contributed by atoms with Crippen LogP contribution in [0.2, 0.25) is 0 Å². The second kappa shape index (κ2) is 5.59. The van der Waals surface area contributed by atoms with Crippen LogP contribution in [0.15, 0.2) is 0 Å². The number of nitrogens with one attached hydrogen (secondary N) is 1. The molecule has 80 valence electrons. The molecule has 0 aliphatic heterocycles. The summed E-state index contributed by atoms with van der Waals surface area (Å²) >= 11 is 0. The Kier molecular flexibility index (Phi) is 4.39. The van der Waals surface area contributed by atoms with Gasteiger partial charge in [-0.2, -0.15) is 0 Å². The van der Waals surface area contributed by atoms with Gasteiger partial charge in [-0.25, -0.2) is 4.79 Å². The third kappa shape index (κ3) is 4.23. The number of amides is 1. The highest BCUT2D eigenvalue weighted by Gasteiger charge is 2.21. The fourth-order valence-corrected chi connectivity index (χ4v) is 0.936. The smallest absolute Gasteiger partial charge is 0.396 e. The molecule has 1 aliphatic carbocycles. The van der Waals surface area contributed by atoms with Crippen LogP contribution in [0.1, 0.15) is 12.8 Å². The van der Waals surface area contributed by atoms with Crippen molar-refractivity contribution in [1.82, 2.24) is 5.32 Å². The highest BCUT2D eigenvalue weighted by Crippen LogP contribution is 2.28. The summed E-state index contributed by atoms with van der Waals surface area (Å²) in [7, 11) is 1.17. The average Bonchev–Trinajstić information content (AvgIpc) is 2.99. The number of methoxy groups -OCH3 is 1. The van der Waals surface area contributed by atoms with Crippen LogP contribution in [0, 0.1) is 5.92 Å². The summed E-state index contributed by atoms with van der Waals surface area (Å²) in [6.07, 6.45) is 2.49. The fraction of sp³-hybridized carbons (Fsp3) is 0.778. The van der Waals surface area contributed by atoms with E-state index >= 15 is 0 Å². The van der Waals surface area contributed by atoms with Crippen molar-refractivity contribution in [3.8, 4) is 0 Å². The summed E-state index contributed by atoms with van der Waals surface area (Å²) in [6.45, 7) is 1.55. The molecular formula is C9H15NO4. The van der Waals surface area contributed by atoms with Crippen LogP contribution in [-0.2, 0) is 19.1 Å². The lowest BCUT2D eigenvalue weighted by Gasteiger charge is -2.04. The Morgan fingerprint density at radius 1 is 1.43 bits per heavy atom. The van der Waals surface area contributed by atoms with E-state index in [0.717, 1.165) is 6.61 Å². The second-order valence-corrected chi connectivity index (χ2v) is 3.27. The van der Waals surface area contributed by atoms with Gasteiger partial charge < -0.3 is 14.8 Å². The van der Waals surface area contributed by atoms with Gasteiger partial charge in [0.2, 0.25) is 0 Å². The Morgan fingerprint density at radius 2 is 2.14 bits per heavy atom. The van der Waals surface area contributed by atoms with Crippen molar-refractivity contribution in [2.75, 3.05) is 26.9 Å². The predicted molar refractivity (Wildman–Crippen MR) is 48.6 cm³/mol. The van der Waals surface area contributed by atoms with Crippen molar-refractivity contribution in [3.63, 3.8) is 0 Å². The van der Waals surface area contributed by atoms with Crippen LogP contribution in [0.25, 0.3) is 0 Å². The lowest BCUT2D eigenvalue weighted by atomic mass is 10.5. The summed E-state index contributed by atoms with van der Waals surface area (Å²) in [5.74, 6) is -0.874. The molecular weight excluding hydrogens is 186 g/mol. The molecule has 0 radical (unpaired) electrons. The molecule has 0 aromatic carbocycles. The fourth-order valence-electron chi connectivity index (χ4n) is 0.936. The number of ether oxygens (including phenoxy) is 2. The zero-order valence-corrected chi connectivity index (χ0v) is 8.25. The first-order chi connectivity index (χ1) is 6.74. The Labute approximate surface area is 82.8 Å². The number of rotatable bonds is 5. The van der Waals surface area contributed by atoms with Gasteiger partial charge in [-0.3, -0.25) is 4.79 Å². The molecule has 1 rings (SSSR count). The van der Waals surface area contributed by atoms with Crippen LogP contribution < -0.4 is 5.32 Å². The maximum absolute atomic E-state index is 10.8. The minimum atomic E-state index is -0.868. The maximum Gasteiger partial charge on any atom is 0.396 e. The molecule has 1 aliphatic rings. The van der Waals surface area contributed by atoms with Gasteiger partial charge in [0, 0.05) is 13.2 Å². The Hall–Kier alpha value is -1.10. The largest absolute Gasteiger partial charge is 0.462 e. The summed E-state index contributed by atoms with van der Waals surface area (Å²) in [4.78, 5) is 21.5. The van der Waals surface area contributed by atoms with Crippen LogP contribution in [0.4, 0.5) is 0 Å². The minimum Gasteiger partial charge on any atom is -0.462 e. The molecule has 0 atom stereocenters. The van der Waals surface area contributed by atoms with Crippen LogP contribution in [0.3, 0.4) is 0 Å². The van der Waals surface area contributed by atoms with Crippen molar-refractivity contribution in [3.05, 3.63) is 0 Å². The van der Waals surface area contributed by atoms with E-state index < -0.39 is 11.9 Å². The zero-order chi connectivity index (χ0) is 10.4. The lowest BCUT2D eigenvalue weighted by molar-refractivity contribution is -0.152. The number of carbonyl (C=O) groups excluding carboxylic acids is 2. The average molecular weight is 201 g/mol. The Morgan fingerprint density at radius 3 is 2.71 bits per heavy atom. The van der Waals surface area contributed by atoms with Crippen molar-refractivity contribution < 1.29 is 19.1 Å². The van der Waals surface area contributed by atoms with Crippen LogP contribution >= 0.6 is 0 Å². The second-order valence-electron chi connectivity index (χ2n) is 3.27. The molecule has 0 unspecified atom stereocenters. The van der Waals surface area contributed by atoms with E-state index in [1.54, 1.807) is 0 Å². The van der Waals surface area contributed by atoms with Gasteiger partial charge in [-0.15, -0.1) is 0 Å². The molecule has 0 bridgehead atoms. The van der Waals surface area contributed by atoms with Gasteiger partial charge in [0.15, 0.2) is 0 Å². The molecule has 0 aromatic heterocycles. The van der Waals surface area contributed by atoms with E-state index in [1.165, 1.54) is 20.0 Å². The highest BCUT2D eigenvalue weighted by molar-refractivity contribution is 6.32. The van der Waals surface area contributed by atoms with Gasteiger partial charge in [0.25, 0.3) is 0 Å². The van der Waals surface area contributed by atoms with Crippen LogP contribution in [-0.4, -0.2) is 38.7 Å². The summed E-state index contributed by atoms with van der Waals surface area (Å²) < 4.78 is 9.48. The van der Waals surface area contributed by atoms with Crippen molar-refractivity contribution >= 4 is 11.9 Å². The first kappa shape index (κ1) is 11.0. The standard InChI is InChI=1S/C9H15NO4/c1-13-9(12)8(11)10-4-5-14-6-7-2-3-7/h7H,2-6H2,1H3,(H,10,11). The van der Waals surface area contributed by atoms with Crippen molar-refractivity contribution in [2.45, 2.75) is 12.8 Å². The molecule has 0 heterocycles. The van der Waals surface area contributed by atoms with E-state index in [-0.39, 0.29) is 0 Å². The molecule has 5 heteroatoms. The van der Waals surface area contributed by atoms with E-state index in [2.05, 4.69) is 10.1 Å². The molecule has 1 fully saturated rings. The summed E-state index contributed by atoms with van der Waals surface area (Å²) in [5.41, 5.74) is 0. The normalized spacial score (nSPS) is 14.9. The van der Waals surface area contributed by atoms with Crippen molar-refractivity contribution in [2.24, 2.45) is 5.92 Å². The lowest BCUT2D eigenvalue weighted by Crippen LogP contribution is -2.34. The summed E-state index contributed by atoms with van der Waals surface area (Å²) in [6, 6.07) is 0. The van der Waals surface area contributed by atoms with Gasteiger partial charge >= 0.3 is 11.9 Å². The molecule has 0 saturated heterocycles. The Bertz CT molecular complexity index is 213. The van der Waals surface area contributed by atoms with Crippen molar-refractivity contribution in [1.29, 1.82) is 0 Å². The number of hydrogen-bond donors (Lipinski definition) is 1. The van der Waals surface area contributed by atoms with E-state index in [4.69, 9.17) is 4.74 Å². The zero-order valence-electron chi connectivity index (χ0n) is 8.25. The summed E-state index contributed by atoms with van der Waals surface area (Å²) in [5, 5.41) is 2.39. The minimum absolute atomic E-state index is 0.348. The number of hydrogen-bond acceptors (Lipinski definition) is 4. The molecule has 1 N–H and O–H groups in total. The molecule has 0 aromatic rings. The predicted octanol–water partition coefficient (Wildman–Crippen LogP) is -0.298. The molecule has 1 saturated carbocycles. The molecule has 1 amide bonds. The first-order valence-corrected chi connectivity index (χ1v) is 4.68. The first-order valence-electron chi connectivity index (χ1n) is 4.68.